The summed E-state index contributed by atoms with van der Waals surface area (Å²) in [7, 11) is 1.80. The molecule has 0 radical (unpaired) electrons. The quantitative estimate of drug-likeness (QED) is 0.670. The molecule has 0 saturated heterocycles. The van der Waals surface area contributed by atoms with Crippen molar-refractivity contribution in [1.29, 1.82) is 0 Å². The van der Waals surface area contributed by atoms with Crippen LogP contribution in [0.4, 0.5) is 0 Å². The molecule has 0 aromatic carbocycles. The van der Waals surface area contributed by atoms with Crippen molar-refractivity contribution in [3.8, 4) is 0 Å². The molecule has 5 heteroatoms. The van der Waals surface area contributed by atoms with Crippen LogP contribution in [0.2, 0.25) is 0 Å². The lowest BCUT2D eigenvalue weighted by molar-refractivity contribution is -0.141. The van der Waals surface area contributed by atoms with Crippen molar-refractivity contribution in [2.24, 2.45) is 5.92 Å². The van der Waals surface area contributed by atoms with E-state index in [9.17, 15) is 9.59 Å². The zero-order valence-corrected chi connectivity index (χ0v) is 12.8. The smallest absolute Gasteiger partial charge is 0.306 e. The first-order valence-corrected chi connectivity index (χ1v) is 6.97. The first-order valence-electron chi connectivity index (χ1n) is 6.97. The maximum Gasteiger partial charge on any atom is 0.306 e. The van der Waals surface area contributed by atoms with Gasteiger partial charge >= 0.3 is 5.97 Å². The minimum absolute atomic E-state index is 0.0840. The minimum atomic E-state index is -0.741. The van der Waals surface area contributed by atoms with Gasteiger partial charge in [0.15, 0.2) is 0 Å². The standard InChI is InChI=1S/C14H28N2O3/c1-10(2)16(5)13(17)9-15-12(4)8-6-7-11(3)14(18)19/h10-12,15H,6-9H2,1-5H3,(H,18,19). The van der Waals surface area contributed by atoms with Crippen LogP contribution in [0.3, 0.4) is 0 Å². The van der Waals surface area contributed by atoms with E-state index in [0.717, 1.165) is 12.8 Å². The molecule has 0 bridgehead atoms. The number of nitrogens with one attached hydrogen (secondary N) is 1. The Hall–Kier alpha value is -1.10. The minimum Gasteiger partial charge on any atom is -0.481 e. The summed E-state index contributed by atoms with van der Waals surface area (Å²) in [5.41, 5.74) is 0. The van der Waals surface area contributed by atoms with Gasteiger partial charge in [0, 0.05) is 19.1 Å². The maximum absolute atomic E-state index is 11.7. The third-order valence-corrected chi connectivity index (χ3v) is 3.47. The highest BCUT2D eigenvalue weighted by atomic mass is 16.4. The van der Waals surface area contributed by atoms with Gasteiger partial charge in [-0.2, -0.15) is 0 Å². The van der Waals surface area contributed by atoms with E-state index in [2.05, 4.69) is 5.32 Å². The molecule has 5 nitrogen and oxygen atoms in total. The van der Waals surface area contributed by atoms with Crippen LogP contribution >= 0.6 is 0 Å². The second kappa shape index (κ2) is 8.91. The van der Waals surface area contributed by atoms with Crippen LogP contribution in [0.15, 0.2) is 0 Å². The molecule has 1 amide bonds. The lowest BCUT2D eigenvalue weighted by Gasteiger charge is -2.23. The van der Waals surface area contributed by atoms with Crippen molar-refractivity contribution in [2.45, 2.75) is 59.0 Å². The predicted molar refractivity (Wildman–Crippen MR) is 76.0 cm³/mol. The summed E-state index contributed by atoms with van der Waals surface area (Å²) >= 11 is 0. The Morgan fingerprint density at radius 3 is 2.21 bits per heavy atom. The van der Waals surface area contributed by atoms with Gasteiger partial charge < -0.3 is 15.3 Å². The Morgan fingerprint density at radius 1 is 1.16 bits per heavy atom. The topological polar surface area (TPSA) is 69.6 Å². The van der Waals surface area contributed by atoms with E-state index >= 15 is 0 Å². The molecular weight excluding hydrogens is 244 g/mol. The molecule has 112 valence electrons. The molecular formula is C14H28N2O3. The van der Waals surface area contributed by atoms with Crippen molar-refractivity contribution in [1.82, 2.24) is 10.2 Å². The summed E-state index contributed by atoms with van der Waals surface area (Å²) in [4.78, 5) is 24.1. The number of carboxylic acids is 1. The number of carboxylic acid groups (broad SMARTS) is 1. The van der Waals surface area contributed by atoms with Crippen LogP contribution in [-0.2, 0) is 9.59 Å². The fourth-order valence-corrected chi connectivity index (χ4v) is 1.63. The van der Waals surface area contributed by atoms with Crippen molar-refractivity contribution >= 4 is 11.9 Å². The molecule has 0 aromatic heterocycles. The van der Waals surface area contributed by atoms with Crippen LogP contribution in [0.5, 0.6) is 0 Å². The summed E-state index contributed by atoms with van der Waals surface area (Å²) in [5.74, 6) is -0.948. The highest BCUT2D eigenvalue weighted by Gasteiger charge is 2.14. The van der Waals surface area contributed by atoms with Gasteiger partial charge in [0.2, 0.25) is 5.91 Å². The molecule has 0 aliphatic heterocycles. The SMILES string of the molecule is CC(CCCC(C)C(=O)O)NCC(=O)N(C)C(C)C. The molecule has 2 N–H and O–H groups in total. The number of amides is 1. The van der Waals surface area contributed by atoms with E-state index in [-0.39, 0.29) is 23.9 Å². The van der Waals surface area contributed by atoms with Gasteiger partial charge in [-0.25, -0.2) is 0 Å². The molecule has 19 heavy (non-hydrogen) atoms. The van der Waals surface area contributed by atoms with E-state index in [1.54, 1.807) is 18.9 Å². The van der Waals surface area contributed by atoms with Gasteiger partial charge in [-0.05, 0) is 33.6 Å². The summed E-state index contributed by atoms with van der Waals surface area (Å²) in [6, 6.07) is 0.437. The molecule has 2 unspecified atom stereocenters. The molecule has 0 rings (SSSR count). The first kappa shape index (κ1) is 17.9. The van der Waals surface area contributed by atoms with Gasteiger partial charge in [-0.3, -0.25) is 9.59 Å². The van der Waals surface area contributed by atoms with Gasteiger partial charge in [-0.1, -0.05) is 13.3 Å². The molecule has 0 spiro atoms. The third-order valence-electron chi connectivity index (χ3n) is 3.47. The van der Waals surface area contributed by atoms with E-state index in [1.165, 1.54) is 0 Å². The van der Waals surface area contributed by atoms with Crippen LogP contribution in [0.25, 0.3) is 0 Å². The summed E-state index contributed by atoms with van der Waals surface area (Å²) in [6.07, 6.45) is 2.42. The number of rotatable bonds is 9. The van der Waals surface area contributed by atoms with Crippen LogP contribution < -0.4 is 5.32 Å². The van der Waals surface area contributed by atoms with E-state index in [0.29, 0.717) is 13.0 Å². The number of carbonyl (C=O) groups is 2. The Labute approximate surface area is 116 Å². The monoisotopic (exact) mass is 272 g/mol. The summed E-state index contributed by atoms with van der Waals surface area (Å²) in [5, 5.41) is 12.0. The third kappa shape index (κ3) is 7.82. The number of carbonyl (C=O) groups excluding carboxylic acids is 1. The fraction of sp³-hybridized carbons (Fsp3) is 0.857. The zero-order valence-electron chi connectivity index (χ0n) is 12.8. The molecule has 0 aliphatic carbocycles. The Bertz CT molecular complexity index is 292. The summed E-state index contributed by atoms with van der Waals surface area (Å²) < 4.78 is 0. The Morgan fingerprint density at radius 2 is 1.74 bits per heavy atom. The van der Waals surface area contributed by atoms with Crippen LogP contribution in [-0.4, -0.2) is 47.6 Å². The predicted octanol–water partition coefficient (Wildman–Crippen LogP) is 1.72. The maximum atomic E-state index is 11.7. The summed E-state index contributed by atoms with van der Waals surface area (Å²) in [6.45, 7) is 8.04. The lowest BCUT2D eigenvalue weighted by Crippen LogP contribution is -2.41. The Balaban J connectivity index is 3.79. The van der Waals surface area contributed by atoms with E-state index in [4.69, 9.17) is 5.11 Å². The number of hydrogen-bond donors (Lipinski definition) is 2. The van der Waals surface area contributed by atoms with Crippen molar-refractivity contribution in [2.75, 3.05) is 13.6 Å². The molecule has 0 saturated carbocycles. The fourth-order valence-electron chi connectivity index (χ4n) is 1.63. The van der Waals surface area contributed by atoms with Gasteiger partial charge in [0.25, 0.3) is 0 Å². The molecule has 0 fully saturated rings. The zero-order chi connectivity index (χ0) is 15.0. The average molecular weight is 272 g/mol. The number of aliphatic carboxylic acids is 1. The van der Waals surface area contributed by atoms with Gasteiger partial charge in [0.05, 0.1) is 12.5 Å². The first-order chi connectivity index (χ1) is 8.75. The van der Waals surface area contributed by atoms with Crippen LogP contribution in [0, 0.1) is 5.92 Å². The largest absolute Gasteiger partial charge is 0.481 e. The molecule has 0 aliphatic rings. The van der Waals surface area contributed by atoms with Gasteiger partial charge in [-0.15, -0.1) is 0 Å². The highest BCUT2D eigenvalue weighted by Crippen LogP contribution is 2.09. The second-order valence-corrected chi connectivity index (χ2v) is 5.55. The number of likely N-dealkylation sites (N-methyl/N-ethyl adjacent to an activating group) is 1. The Kier molecular flexibility index (Phi) is 8.39. The van der Waals surface area contributed by atoms with Crippen molar-refractivity contribution < 1.29 is 14.7 Å². The second-order valence-electron chi connectivity index (χ2n) is 5.55. The van der Waals surface area contributed by atoms with E-state index < -0.39 is 5.97 Å². The van der Waals surface area contributed by atoms with E-state index in [1.807, 2.05) is 20.8 Å². The highest BCUT2D eigenvalue weighted by molar-refractivity contribution is 5.78. The molecule has 0 heterocycles. The van der Waals surface area contributed by atoms with Crippen molar-refractivity contribution in [3.05, 3.63) is 0 Å². The average Bonchev–Trinajstić information content (AvgIpc) is 2.34. The van der Waals surface area contributed by atoms with Crippen molar-refractivity contribution in [3.63, 3.8) is 0 Å². The van der Waals surface area contributed by atoms with Gasteiger partial charge in [0.1, 0.15) is 0 Å². The molecule has 2 atom stereocenters. The normalized spacial score (nSPS) is 14.2. The molecule has 0 aromatic rings. The number of hydrogen-bond acceptors (Lipinski definition) is 3. The number of nitrogens with zero attached hydrogens (tertiary/aromatic N) is 1. The lowest BCUT2D eigenvalue weighted by atomic mass is 10.0. The van der Waals surface area contributed by atoms with Crippen LogP contribution in [0.1, 0.15) is 47.0 Å².